The topological polar surface area (TPSA) is 64.9 Å². The lowest BCUT2D eigenvalue weighted by molar-refractivity contribution is 0.437. The predicted octanol–water partition coefficient (Wildman–Crippen LogP) is 2.22. The minimum absolute atomic E-state index is 0.0174. The van der Waals surface area contributed by atoms with Crippen LogP contribution in [-0.4, -0.2) is 10.1 Å². The van der Waals surface area contributed by atoms with E-state index in [9.17, 15) is 4.39 Å². The van der Waals surface area contributed by atoms with E-state index in [1.54, 1.807) is 6.07 Å². The van der Waals surface area contributed by atoms with Crippen molar-refractivity contribution in [2.24, 2.45) is 0 Å². The molecule has 6 heteroatoms. The molecule has 0 aliphatic heterocycles. The van der Waals surface area contributed by atoms with E-state index in [-0.39, 0.29) is 11.8 Å². The fraction of sp³-hybridized carbons (Fsp3) is 0. The first-order valence-electron chi connectivity index (χ1n) is 3.71. The van der Waals surface area contributed by atoms with Crippen molar-refractivity contribution in [2.45, 2.75) is 0 Å². The standard InChI is InChI=1S/C8H5BrFN3O/c9-6-3-4(10)1-2-5(6)7-12-8(11)14-13-7/h1-3H,(H2,11,12,13). The second kappa shape index (κ2) is 3.38. The first kappa shape index (κ1) is 9.14. The molecule has 0 bridgehead atoms. The number of halogens is 2. The van der Waals surface area contributed by atoms with Gasteiger partial charge < -0.3 is 10.3 Å². The van der Waals surface area contributed by atoms with Crippen molar-refractivity contribution < 1.29 is 8.91 Å². The van der Waals surface area contributed by atoms with Gasteiger partial charge in [0.15, 0.2) is 0 Å². The van der Waals surface area contributed by atoms with Crippen molar-refractivity contribution in [1.29, 1.82) is 0 Å². The van der Waals surface area contributed by atoms with Crippen molar-refractivity contribution in [1.82, 2.24) is 10.1 Å². The largest absolute Gasteiger partial charge is 0.351 e. The van der Waals surface area contributed by atoms with E-state index >= 15 is 0 Å². The molecule has 2 N–H and O–H groups in total. The monoisotopic (exact) mass is 257 g/mol. The van der Waals surface area contributed by atoms with E-state index in [1.807, 2.05) is 0 Å². The van der Waals surface area contributed by atoms with Crippen LogP contribution in [0.1, 0.15) is 0 Å². The molecule has 1 aromatic carbocycles. The molecular weight excluding hydrogens is 253 g/mol. The molecule has 0 radical (unpaired) electrons. The van der Waals surface area contributed by atoms with E-state index in [0.717, 1.165) is 0 Å². The van der Waals surface area contributed by atoms with Gasteiger partial charge in [-0.1, -0.05) is 5.16 Å². The third kappa shape index (κ3) is 1.60. The molecule has 1 aromatic heterocycles. The normalized spacial score (nSPS) is 10.4. The molecule has 0 spiro atoms. The summed E-state index contributed by atoms with van der Waals surface area (Å²) in [5.74, 6) is -0.00790. The second-order valence-electron chi connectivity index (χ2n) is 2.58. The molecule has 14 heavy (non-hydrogen) atoms. The lowest BCUT2D eigenvalue weighted by Gasteiger charge is -1.97. The van der Waals surface area contributed by atoms with Gasteiger partial charge in [0.1, 0.15) is 5.82 Å². The summed E-state index contributed by atoms with van der Waals surface area (Å²) in [5.41, 5.74) is 5.90. The molecule has 0 aliphatic carbocycles. The maximum absolute atomic E-state index is 12.7. The van der Waals surface area contributed by atoms with Crippen molar-refractivity contribution in [2.75, 3.05) is 5.73 Å². The van der Waals surface area contributed by atoms with Gasteiger partial charge in [-0.25, -0.2) is 4.39 Å². The van der Waals surface area contributed by atoms with Crippen LogP contribution >= 0.6 is 15.9 Å². The Morgan fingerprint density at radius 2 is 2.21 bits per heavy atom. The zero-order valence-corrected chi connectivity index (χ0v) is 8.45. The third-order valence-electron chi connectivity index (χ3n) is 1.61. The Bertz CT molecular complexity index is 471. The van der Waals surface area contributed by atoms with Gasteiger partial charge in [-0.2, -0.15) is 4.98 Å². The first-order chi connectivity index (χ1) is 6.66. The van der Waals surface area contributed by atoms with Crippen molar-refractivity contribution >= 4 is 21.9 Å². The molecule has 4 nitrogen and oxygen atoms in total. The zero-order valence-electron chi connectivity index (χ0n) is 6.87. The fourth-order valence-corrected chi connectivity index (χ4v) is 1.54. The minimum Gasteiger partial charge on any atom is -0.351 e. The second-order valence-corrected chi connectivity index (χ2v) is 3.43. The number of aromatic nitrogens is 2. The number of nitrogens with two attached hydrogens (primary N) is 1. The van der Waals surface area contributed by atoms with Gasteiger partial charge in [0.2, 0.25) is 5.82 Å². The Labute approximate surface area is 87.0 Å². The lowest BCUT2D eigenvalue weighted by atomic mass is 10.2. The molecule has 1 heterocycles. The summed E-state index contributed by atoms with van der Waals surface area (Å²) in [5, 5.41) is 3.61. The molecule has 2 aromatic rings. The summed E-state index contributed by atoms with van der Waals surface area (Å²) in [7, 11) is 0. The van der Waals surface area contributed by atoms with Gasteiger partial charge in [-0.15, -0.1) is 0 Å². The minimum atomic E-state index is -0.336. The number of anilines is 1. The SMILES string of the molecule is Nc1nc(-c2ccc(F)cc2Br)no1. The molecule has 0 saturated heterocycles. The number of hydrogen-bond donors (Lipinski definition) is 1. The number of rotatable bonds is 1. The van der Waals surface area contributed by atoms with Crippen LogP contribution in [0.15, 0.2) is 27.2 Å². The third-order valence-corrected chi connectivity index (χ3v) is 2.27. The Hall–Kier alpha value is -1.43. The fourth-order valence-electron chi connectivity index (χ4n) is 1.02. The summed E-state index contributed by atoms with van der Waals surface area (Å²) < 4.78 is 17.9. The molecule has 0 amide bonds. The van der Waals surface area contributed by atoms with Crippen LogP contribution in [0.25, 0.3) is 11.4 Å². The summed E-state index contributed by atoms with van der Waals surface area (Å²) in [6, 6.07) is 4.16. The maximum atomic E-state index is 12.7. The van der Waals surface area contributed by atoms with Crippen LogP contribution in [0.5, 0.6) is 0 Å². The van der Waals surface area contributed by atoms with E-state index in [1.165, 1.54) is 12.1 Å². The Balaban J connectivity index is 2.52. The zero-order chi connectivity index (χ0) is 10.1. The summed E-state index contributed by atoms with van der Waals surface area (Å²) in [4.78, 5) is 3.82. The van der Waals surface area contributed by atoms with Crippen LogP contribution in [0.2, 0.25) is 0 Å². The molecule has 2 rings (SSSR count). The first-order valence-corrected chi connectivity index (χ1v) is 4.51. The van der Waals surface area contributed by atoms with Gasteiger partial charge in [0.25, 0.3) is 0 Å². The highest BCUT2D eigenvalue weighted by molar-refractivity contribution is 9.10. The highest BCUT2D eigenvalue weighted by atomic mass is 79.9. The van der Waals surface area contributed by atoms with Gasteiger partial charge >= 0.3 is 6.01 Å². The molecule has 72 valence electrons. The van der Waals surface area contributed by atoms with Crippen LogP contribution in [0, 0.1) is 5.82 Å². The van der Waals surface area contributed by atoms with Crippen molar-refractivity contribution in [3.63, 3.8) is 0 Å². The predicted molar refractivity (Wildman–Crippen MR) is 51.8 cm³/mol. The van der Waals surface area contributed by atoms with Gasteiger partial charge in [0, 0.05) is 10.0 Å². The van der Waals surface area contributed by atoms with Crippen molar-refractivity contribution in [3.8, 4) is 11.4 Å². The Kier molecular flexibility index (Phi) is 2.20. The van der Waals surface area contributed by atoms with Gasteiger partial charge in [-0.05, 0) is 34.1 Å². The van der Waals surface area contributed by atoms with Crippen LogP contribution in [0.3, 0.4) is 0 Å². The maximum Gasteiger partial charge on any atom is 0.319 e. The quantitative estimate of drug-likeness (QED) is 0.851. The number of hydrogen-bond acceptors (Lipinski definition) is 4. The number of nitrogen functional groups attached to an aromatic ring is 1. The lowest BCUT2D eigenvalue weighted by Crippen LogP contribution is -1.86. The van der Waals surface area contributed by atoms with Gasteiger partial charge in [-0.3, -0.25) is 0 Å². The van der Waals surface area contributed by atoms with E-state index < -0.39 is 0 Å². The van der Waals surface area contributed by atoms with Crippen LogP contribution < -0.4 is 5.73 Å². The number of benzene rings is 1. The summed E-state index contributed by atoms with van der Waals surface area (Å²) in [6.07, 6.45) is 0. The van der Waals surface area contributed by atoms with Gasteiger partial charge in [0.05, 0.1) is 0 Å². The average molecular weight is 258 g/mol. The van der Waals surface area contributed by atoms with E-state index in [0.29, 0.717) is 15.9 Å². The summed E-state index contributed by atoms with van der Waals surface area (Å²) in [6.45, 7) is 0. The Morgan fingerprint density at radius 1 is 1.43 bits per heavy atom. The van der Waals surface area contributed by atoms with Crippen molar-refractivity contribution in [3.05, 3.63) is 28.5 Å². The molecule has 0 fully saturated rings. The molecule has 0 unspecified atom stereocenters. The van der Waals surface area contributed by atoms with Crippen LogP contribution in [-0.2, 0) is 0 Å². The van der Waals surface area contributed by atoms with Crippen LogP contribution in [0.4, 0.5) is 10.4 Å². The molecular formula is C8H5BrFN3O. The average Bonchev–Trinajstić information content (AvgIpc) is 2.51. The Morgan fingerprint density at radius 3 is 2.79 bits per heavy atom. The summed E-state index contributed by atoms with van der Waals surface area (Å²) >= 11 is 3.19. The highest BCUT2D eigenvalue weighted by Gasteiger charge is 2.10. The van der Waals surface area contributed by atoms with E-state index in [2.05, 4.69) is 30.6 Å². The highest BCUT2D eigenvalue weighted by Crippen LogP contribution is 2.26. The molecule has 0 aliphatic rings. The van der Waals surface area contributed by atoms with E-state index in [4.69, 9.17) is 5.73 Å². The molecule has 0 saturated carbocycles. The molecule has 0 atom stereocenters. The smallest absolute Gasteiger partial charge is 0.319 e. The number of nitrogens with zero attached hydrogens (tertiary/aromatic N) is 2.